The van der Waals surface area contributed by atoms with Gasteiger partial charge in [-0.25, -0.2) is 0 Å². The van der Waals surface area contributed by atoms with Crippen LogP contribution >= 0.6 is 0 Å². The van der Waals surface area contributed by atoms with E-state index in [1.807, 2.05) is 25.1 Å². The van der Waals surface area contributed by atoms with Gasteiger partial charge in [0.05, 0.1) is 0 Å². The lowest BCUT2D eigenvalue weighted by atomic mass is 9.98. The van der Waals surface area contributed by atoms with Crippen LogP contribution in [0.4, 0.5) is 0 Å². The molecule has 1 rings (SSSR count). The molecule has 9 heavy (non-hydrogen) atoms. The van der Waals surface area contributed by atoms with E-state index in [4.69, 9.17) is 0 Å². The molecule has 0 aromatic rings. The molecular weight excluding hydrogens is 110 g/mol. The van der Waals surface area contributed by atoms with Crippen molar-refractivity contribution in [2.75, 3.05) is 14.1 Å². The molecule has 1 nitrogen and oxygen atoms in total. The second-order valence-corrected chi connectivity index (χ2v) is 2.41. The SMILES string of the molecule is C=C1C=CC1=CN(C)C. The summed E-state index contributed by atoms with van der Waals surface area (Å²) in [5.74, 6) is 0. The highest BCUT2D eigenvalue weighted by Crippen LogP contribution is 2.20. The van der Waals surface area contributed by atoms with Gasteiger partial charge in [0, 0.05) is 20.3 Å². The predicted octanol–water partition coefficient (Wildman–Crippen LogP) is 1.56. The lowest BCUT2D eigenvalue weighted by Gasteiger charge is -2.14. The fraction of sp³-hybridized carbons (Fsp3) is 0.250. The normalized spacial score (nSPS) is 20.2. The second-order valence-electron chi connectivity index (χ2n) is 2.41. The standard InChI is InChI=1S/C8H11N/c1-7-4-5-8(7)6-9(2)3/h4-6H,1H2,2-3H3. The molecule has 0 saturated heterocycles. The molecular formula is C8H11N. The highest BCUT2D eigenvalue weighted by atomic mass is 15.0. The van der Waals surface area contributed by atoms with Gasteiger partial charge in [0.1, 0.15) is 0 Å². The Balaban J connectivity index is 2.65. The van der Waals surface area contributed by atoms with Gasteiger partial charge in [-0.3, -0.25) is 0 Å². The lowest BCUT2D eigenvalue weighted by Crippen LogP contribution is -2.05. The molecule has 0 heterocycles. The first-order valence-electron chi connectivity index (χ1n) is 2.96. The van der Waals surface area contributed by atoms with Gasteiger partial charge in [-0.2, -0.15) is 0 Å². The minimum atomic E-state index is 1.13. The number of allylic oxidation sites excluding steroid dienone is 4. The Hall–Kier alpha value is -0.980. The summed E-state index contributed by atoms with van der Waals surface area (Å²) in [6.07, 6.45) is 6.12. The Labute approximate surface area is 56.0 Å². The van der Waals surface area contributed by atoms with Crippen LogP contribution in [0.1, 0.15) is 0 Å². The Morgan fingerprint density at radius 1 is 1.44 bits per heavy atom. The molecule has 0 fully saturated rings. The summed E-state index contributed by atoms with van der Waals surface area (Å²) in [7, 11) is 4.01. The van der Waals surface area contributed by atoms with Crippen LogP contribution in [0.15, 0.2) is 36.1 Å². The zero-order valence-corrected chi connectivity index (χ0v) is 5.89. The Morgan fingerprint density at radius 3 is 2.22 bits per heavy atom. The van der Waals surface area contributed by atoms with Gasteiger partial charge in [-0.1, -0.05) is 18.7 Å². The van der Waals surface area contributed by atoms with Crippen LogP contribution in [0.3, 0.4) is 0 Å². The summed E-state index contributed by atoms with van der Waals surface area (Å²) in [6.45, 7) is 3.81. The number of nitrogens with zero attached hydrogens (tertiary/aromatic N) is 1. The third-order valence-corrected chi connectivity index (χ3v) is 1.23. The first kappa shape index (κ1) is 6.14. The summed E-state index contributed by atoms with van der Waals surface area (Å²) in [6, 6.07) is 0. The molecule has 0 aliphatic heterocycles. The molecule has 0 saturated carbocycles. The second kappa shape index (κ2) is 2.09. The maximum atomic E-state index is 3.81. The van der Waals surface area contributed by atoms with E-state index >= 15 is 0 Å². The molecule has 0 amide bonds. The van der Waals surface area contributed by atoms with Crippen LogP contribution in [-0.2, 0) is 0 Å². The smallest absolute Gasteiger partial charge is 0.00645 e. The first-order valence-corrected chi connectivity index (χ1v) is 2.96. The van der Waals surface area contributed by atoms with Gasteiger partial charge >= 0.3 is 0 Å². The van der Waals surface area contributed by atoms with Crippen molar-refractivity contribution in [1.29, 1.82) is 0 Å². The van der Waals surface area contributed by atoms with Crippen molar-refractivity contribution in [3.8, 4) is 0 Å². The van der Waals surface area contributed by atoms with E-state index < -0.39 is 0 Å². The maximum absolute atomic E-state index is 3.81. The molecule has 1 aliphatic carbocycles. The van der Waals surface area contributed by atoms with Crippen molar-refractivity contribution in [3.63, 3.8) is 0 Å². The van der Waals surface area contributed by atoms with Crippen molar-refractivity contribution in [2.24, 2.45) is 0 Å². The van der Waals surface area contributed by atoms with Crippen molar-refractivity contribution in [3.05, 3.63) is 36.1 Å². The van der Waals surface area contributed by atoms with Crippen molar-refractivity contribution in [1.82, 2.24) is 4.90 Å². The van der Waals surface area contributed by atoms with Crippen LogP contribution in [0.5, 0.6) is 0 Å². The van der Waals surface area contributed by atoms with E-state index in [1.165, 1.54) is 5.57 Å². The average molecular weight is 121 g/mol. The van der Waals surface area contributed by atoms with Crippen LogP contribution < -0.4 is 0 Å². The average Bonchev–Trinajstić information content (AvgIpc) is 1.79. The molecule has 0 aromatic carbocycles. The zero-order valence-electron chi connectivity index (χ0n) is 5.89. The summed E-state index contributed by atoms with van der Waals surface area (Å²) < 4.78 is 0. The highest BCUT2D eigenvalue weighted by Gasteiger charge is 2.03. The first-order chi connectivity index (χ1) is 4.20. The lowest BCUT2D eigenvalue weighted by molar-refractivity contribution is 0.560. The van der Waals surface area contributed by atoms with E-state index in [1.54, 1.807) is 0 Å². The third-order valence-electron chi connectivity index (χ3n) is 1.23. The van der Waals surface area contributed by atoms with Gasteiger partial charge in [-0.15, -0.1) is 0 Å². The van der Waals surface area contributed by atoms with Crippen molar-refractivity contribution in [2.45, 2.75) is 0 Å². The molecule has 48 valence electrons. The van der Waals surface area contributed by atoms with E-state index in [-0.39, 0.29) is 0 Å². The zero-order chi connectivity index (χ0) is 6.85. The maximum Gasteiger partial charge on any atom is 0.00645 e. The number of hydrogen-bond acceptors (Lipinski definition) is 1. The number of rotatable bonds is 1. The highest BCUT2D eigenvalue weighted by molar-refractivity contribution is 5.54. The molecule has 0 aromatic heterocycles. The van der Waals surface area contributed by atoms with E-state index in [0.29, 0.717) is 0 Å². The molecule has 0 spiro atoms. The van der Waals surface area contributed by atoms with Crippen LogP contribution in [0.25, 0.3) is 0 Å². The summed E-state index contributed by atoms with van der Waals surface area (Å²) >= 11 is 0. The molecule has 0 radical (unpaired) electrons. The summed E-state index contributed by atoms with van der Waals surface area (Å²) in [5.41, 5.74) is 2.36. The molecule has 0 atom stereocenters. The minimum absolute atomic E-state index is 1.13. The van der Waals surface area contributed by atoms with E-state index in [9.17, 15) is 0 Å². The van der Waals surface area contributed by atoms with Crippen LogP contribution in [0, 0.1) is 0 Å². The van der Waals surface area contributed by atoms with Crippen LogP contribution in [-0.4, -0.2) is 19.0 Å². The molecule has 1 aliphatic rings. The monoisotopic (exact) mass is 121 g/mol. The topological polar surface area (TPSA) is 3.24 Å². The predicted molar refractivity (Wildman–Crippen MR) is 40.1 cm³/mol. The third kappa shape index (κ3) is 1.22. The van der Waals surface area contributed by atoms with Crippen LogP contribution in [0.2, 0.25) is 0 Å². The largest absolute Gasteiger partial charge is 0.383 e. The van der Waals surface area contributed by atoms with Crippen molar-refractivity contribution < 1.29 is 0 Å². The minimum Gasteiger partial charge on any atom is -0.383 e. The summed E-state index contributed by atoms with van der Waals surface area (Å²) in [5, 5.41) is 0. The van der Waals surface area contributed by atoms with Gasteiger partial charge in [0.2, 0.25) is 0 Å². The van der Waals surface area contributed by atoms with E-state index in [2.05, 4.69) is 18.9 Å². The Bertz CT molecular complexity index is 185. The number of hydrogen-bond donors (Lipinski definition) is 0. The Kier molecular flexibility index (Phi) is 1.43. The summed E-state index contributed by atoms with van der Waals surface area (Å²) in [4.78, 5) is 2.02. The van der Waals surface area contributed by atoms with Gasteiger partial charge in [0.15, 0.2) is 0 Å². The van der Waals surface area contributed by atoms with Gasteiger partial charge in [-0.05, 0) is 11.1 Å². The van der Waals surface area contributed by atoms with Crippen molar-refractivity contribution >= 4 is 0 Å². The van der Waals surface area contributed by atoms with E-state index in [0.717, 1.165) is 5.57 Å². The fourth-order valence-corrected chi connectivity index (χ4v) is 0.702. The van der Waals surface area contributed by atoms with Gasteiger partial charge in [0.25, 0.3) is 0 Å². The Morgan fingerprint density at radius 2 is 2.11 bits per heavy atom. The quantitative estimate of drug-likeness (QED) is 0.509. The molecule has 0 bridgehead atoms. The molecule has 0 N–H and O–H groups in total. The molecule has 0 unspecified atom stereocenters. The molecule has 1 heteroatoms. The fourth-order valence-electron chi connectivity index (χ4n) is 0.702. The van der Waals surface area contributed by atoms with Gasteiger partial charge < -0.3 is 4.90 Å².